The number of nitrogen functional groups attached to an aromatic ring is 1. The Hall–Kier alpha value is -1.77. The first kappa shape index (κ1) is 10.7. The Balaban J connectivity index is 2.54. The molecule has 0 aliphatic heterocycles. The number of aromatic nitrogens is 2. The van der Waals surface area contributed by atoms with Gasteiger partial charge in [-0.2, -0.15) is 0 Å². The van der Waals surface area contributed by atoms with Gasteiger partial charge in [-0.05, 0) is 31.9 Å². The molecule has 0 atom stereocenters. The lowest BCUT2D eigenvalue weighted by Crippen LogP contribution is -1.93. The summed E-state index contributed by atoms with van der Waals surface area (Å²) in [6, 6.07) is 5.92. The zero-order valence-corrected chi connectivity index (χ0v) is 9.96. The van der Waals surface area contributed by atoms with Crippen molar-refractivity contribution in [2.75, 3.05) is 5.73 Å². The number of rotatable bonds is 2. The maximum absolute atomic E-state index is 5.89. The molecule has 2 aromatic rings. The summed E-state index contributed by atoms with van der Waals surface area (Å²) in [5.74, 6) is 0.916. The SMILES string of the molecule is CCc1nc(-c2cccc(N)c2C)[nH]c1C. The summed E-state index contributed by atoms with van der Waals surface area (Å²) in [7, 11) is 0. The van der Waals surface area contributed by atoms with Crippen molar-refractivity contribution < 1.29 is 0 Å². The summed E-state index contributed by atoms with van der Waals surface area (Å²) in [4.78, 5) is 7.90. The number of nitrogens with zero attached hydrogens (tertiary/aromatic N) is 1. The van der Waals surface area contributed by atoms with E-state index in [1.165, 1.54) is 0 Å². The van der Waals surface area contributed by atoms with Gasteiger partial charge in [0, 0.05) is 16.9 Å². The first-order valence-corrected chi connectivity index (χ1v) is 5.54. The number of H-pyrrole nitrogens is 1. The van der Waals surface area contributed by atoms with Gasteiger partial charge in [-0.3, -0.25) is 0 Å². The van der Waals surface area contributed by atoms with Gasteiger partial charge in [-0.15, -0.1) is 0 Å². The third-order valence-electron chi connectivity index (χ3n) is 2.95. The van der Waals surface area contributed by atoms with E-state index in [0.717, 1.165) is 40.4 Å². The molecule has 1 heterocycles. The molecular formula is C13H17N3. The number of aryl methyl sites for hydroxylation is 2. The fourth-order valence-electron chi connectivity index (χ4n) is 1.88. The van der Waals surface area contributed by atoms with E-state index in [4.69, 9.17) is 5.73 Å². The third-order valence-corrected chi connectivity index (χ3v) is 2.95. The summed E-state index contributed by atoms with van der Waals surface area (Å²) in [6.07, 6.45) is 0.948. The number of anilines is 1. The van der Waals surface area contributed by atoms with E-state index in [9.17, 15) is 0 Å². The summed E-state index contributed by atoms with van der Waals surface area (Å²) in [5, 5.41) is 0. The van der Waals surface area contributed by atoms with Crippen molar-refractivity contribution in [3.05, 3.63) is 35.2 Å². The molecule has 84 valence electrons. The lowest BCUT2D eigenvalue weighted by molar-refractivity contribution is 1.04. The molecule has 0 aliphatic carbocycles. The van der Waals surface area contributed by atoms with Crippen LogP contribution in [0.1, 0.15) is 23.9 Å². The summed E-state index contributed by atoms with van der Waals surface area (Å²) in [5.41, 5.74) is 11.1. The predicted octanol–water partition coefficient (Wildman–Crippen LogP) is 2.84. The van der Waals surface area contributed by atoms with E-state index < -0.39 is 0 Å². The molecule has 0 saturated heterocycles. The van der Waals surface area contributed by atoms with E-state index >= 15 is 0 Å². The van der Waals surface area contributed by atoms with E-state index in [2.05, 4.69) is 23.8 Å². The average Bonchev–Trinajstić information content (AvgIpc) is 2.63. The van der Waals surface area contributed by atoms with Gasteiger partial charge < -0.3 is 10.7 Å². The van der Waals surface area contributed by atoms with E-state index in [1.807, 2.05) is 25.1 Å². The second-order valence-corrected chi connectivity index (χ2v) is 4.03. The van der Waals surface area contributed by atoms with Crippen LogP contribution in [-0.4, -0.2) is 9.97 Å². The second-order valence-electron chi connectivity index (χ2n) is 4.03. The topological polar surface area (TPSA) is 54.7 Å². The second kappa shape index (κ2) is 4.00. The number of hydrogen-bond acceptors (Lipinski definition) is 2. The van der Waals surface area contributed by atoms with Crippen LogP contribution < -0.4 is 5.73 Å². The smallest absolute Gasteiger partial charge is 0.138 e. The molecule has 1 aromatic carbocycles. The monoisotopic (exact) mass is 215 g/mol. The minimum atomic E-state index is 0.810. The van der Waals surface area contributed by atoms with Crippen molar-refractivity contribution in [3.8, 4) is 11.4 Å². The van der Waals surface area contributed by atoms with Gasteiger partial charge in [0.15, 0.2) is 0 Å². The Bertz CT molecular complexity index is 512. The zero-order chi connectivity index (χ0) is 11.7. The van der Waals surface area contributed by atoms with Gasteiger partial charge in [-0.1, -0.05) is 19.1 Å². The Kier molecular flexibility index (Phi) is 2.69. The van der Waals surface area contributed by atoms with Crippen LogP contribution in [0.4, 0.5) is 5.69 Å². The molecule has 0 bridgehead atoms. The fraction of sp³-hybridized carbons (Fsp3) is 0.308. The molecule has 0 radical (unpaired) electrons. The maximum atomic E-state index is 5.89. The van der Waals surface area contributed by atoms with Crippen LogP contribution in [-0.2, 0) is 6.42 Å². The standard InChI is InChI=1S/C13H17N3/c1-4-12-9(3)15-13(16-12)10-6-5-7-11(14)8(10)2/h5-7H,4,14H2,1-3H3,(H,15,16). The van der Waals surface area contributed by atoms with Gasteiger partial charge in [0.1, 0.15) is 5.82 Å². The molecule has 3 heteroatoms. The maximum Gasteiger partial charge on any atom is 0.138 e. The quantitative estimate of drug-likeness (QED) is 0.757. The molecule has 1 aromatic heterocycles. The average molecular weight is 215 g/mol. The first-order chi connectivity index (χ1) is 7.63. The number of aromatic amines is 1. The van der Waals surface area contributed by atoms with Crippen LogP contribution in [0.25, 0.3) is 11.4 Å². The fourth-order valence-corrected chi connectivity index (χ4v) is 1.88. The van der Waals surface area contributed by atoms with Crippen LogP contribution in [0.2, 0.25) is 0 Å². The molecule has 3 N–H and O–H groups in total. The molecule has 3 nitrogen and oxygen atoms in total. The van der Waals surface area contributed by atoms with Crippen LogP contribution in [0, 0.1) is 13.8 Å². The van der Waals surface area contributed by atoms with Gasteiger partial charge >= 0.3 is 0 Å². The lowest BCUT2D eigenvalue weighted by atomic mass is 10.1. The Labute approximate surface area is 95.7 Å². The van der Waals surface area contributed by atoms with E-state index in [0.29, 0.717) is 0 Å². The van der Waals surface area contributed by atoms with Gasteiger partial charge in [0.25, 0.3) is 0 Å². The molecule has 0 fully saturated rings. The molecule has 16 heavy (non-hydrogen) atoms. The number of nitrogens with two attached hydrogens (primary N) is 1. The van der Waals surface area contributed by atoms with E-state index in [1.54, 1.807) is 0 Å². The Morgan fingerprint density at radius 3 is 2.69 bits per heavy atom. The highest BCUT2D eigenvalue weighted by Crippen LogP contribution is 2.25. The Morgan fingerprint density at radius 1 is 1.31 bits per heavy atom. The summed E-state index contributed by atoms with van der Waals surface area (Å²) in [6.45, 7) is 6.18. The van der Waals surface area contributed by atoms with Crippen molar-refractivity contribution in [2.45, 2.75) is 27.2 Å². The number of nitrogens with one attached hydrogen (secondary N) is 1. The van der Waals surface area contributed by atoms with Crippen molar-refractivity contribution in [1.29, 1.82) is 0 Å². The van der Waals surface area contributed by atoms with E-state index in [-0.39, 0.29) is 0 Å². The highest BCUT2D eigenvalue weighted by molar-refractivity contribution is 5.68. The highest BCUT2D eigenvalue weighted by atomic mass is 14.9. The van der Waals surface area contributed by atoms with Crippen LogP contribution >= 0.6 is 0 Å². The minimum Gasteiger partial charge on any atom is -0.398 e. The van der Waals surface area contributed by atoms with Crippen molar-refractivity contribution >= 4 is 5.69 Å². The molecule has 0 unspecified atom stereocenters. The minimum absolute atomic E-state index is 0.810. The molecule has 0 spiro atoms. The third kappa shape index (κ3) is 1.69. The summed E-state index contributed by atoms with van der Waals surface area (Å²) < 4.78 is 0. The number of benzene rings is 1. The Morgan fingerprint density at radius 2 is 2.06 bits per heavy atom. The molecule has 0 amide bonds. The highest BCUT2D eigenvalue weighted by Gasteiger charge is 2.10. The summed E-state index contributed by atoms with van der Waals surface area (Å²) >= 11 is 0. The molecule has 0 aliphatic rings. The largest absolute Gasteiger partial charge is 0.398 e. The molecule has 0 saturated carbocycles. The van der Waals surface area contributed by atoms with Crippen molar-refractivity contribution in [3.63, 3.8) is 0 Å². The van der Waals surface area contributed by atoms with Gasteiger partial charge in [0.05, 0.1) is 5.69 Å². The van der Waals surface area contributed by atoms with Gasteiger partial charge in [-0.25, -0.2) is 4.98 Å². The van der Waals surface area contributed by atoms with Gasteiger partial charge in [0.2, 0.25) is 0 Å². The number of hydrogen-bond donors (Lipinski definition) is 2. The molecular weight excluding hydrogens is 198 g/mol. The van der Waals surface area contributed by atoms with Crippen molar-refractivity contribution in [2.24, 2.45) is 0 Å². The van der Waals surface area contributed by atoms with Crippen molar-refractivity contribution in [1.82, 2.24) is 9.97 Å². The predicted molar refractivity (Wildman–Crippen MR) is 67.3 cm³/mol. The van der Waals surface area contributed by atoms with Crippen LogP contribution in [0.15, 0.2) is 18.2 Å². The zero-order valence-electron chi connectivity index (χ0n) is 9.96. The van der Waals surface area contributed by atoms with Crippen LogP contribution in [0.5, 0.6) is 0 Å². The normalized spacial score (nSPS) is 10.7. The van der Waals surface area contributed by atoms with Crippen LogP contribution in [0.3, 0.4) is 0 Å². The molecule has 2 rings (SSSR count). The first-order valence-electron chi connectivity index (χ1n) is 5.54. The lowest BCUT2D eigenvalue weighted by Gasteiger charge is -2.05. The number of imidazole rings is 1.